The zero-order valence-electron chi connectivity index (χ0n) is 14.6. The van der Waals surface area contributed by atoms with Crippen LogP contribution in [0, 0.1) is 11.7 Å². The van der Waals surface area contributed by atoms with Crippen molar-refractivity contribution in [2.24, 2.45) is 16.6 Å². The van der Waals surface area contributed by atoms with Crippen molar-refractivity contribution in [3.05, 3.63) is 46.5 Å². The van der Waals surface area contributed by atoms with Crippen LogP contribution in [-0.4, -0.2) is 28.3 Å². The molecule has 0 spiro atoms. The normalized spacial score (nSPS) is 25.6. The summed E-state index contributed by atoms with van der Waals surface area (Å²) < 4.78 is 73.7. The van der Waals surface area contributed by atoms with Gasteiger partial charge in [0.15, 0.2) is 5.54 Å². The third-order valence-electron chi connectivity index (χ3n) is 5.01. The standard InChI is InChI=1S/C17H15ClF5N5O/c18-10-6-28(15(22)23)27-12(10)5-25-7-1-2-11(19)8(3-7)17(14(20)21)9-4-13(9)29-16(24)26-17/h1-3,6,9,13-15,25H,4-5H2,(H2,24,26)/t9-,13+,17-/m0/s1. The zero-order valence-corrected chi connectivity index (χ0v) is 15.4. The molecule has 29 heavy (non-hydrogen) atoms. The number of alkyl halides is 4. The monoisotopic (exact) mass is 435 g/mol. The second-order valence-corrected chi connectivity index (χ2v) is 7.21. The minimum Gasteiger partial charge on any atom is -0.462 e. The number of aliphatic imine (C=N–C) groups is 1. The summed E-state index contributed by atoms with van der Waals surface area (Å²) in [5.41, 5.74) is 3.46. The molecule has 0 bridgehead atoms. The van der Waals surface area contributed by atoms with Gasteiger partial charge in [-0.2, -0.15) is 13.9 Å². The quantitative estimate of drug-likeness (QED) is 0.675. The van der Waals surface area contributed by atoms with E-state index in [0.717, 1.165) is 12.3 Å². The molecular weight excluding hydrogens is 421 g/mol. The fourth-order valence-electron chi connectivity index (χ4n) is 3.55. The molecular formula is C17H15ClF5N5O. The Labute approximate surface area is 166 Å². The molecule has 3 atom stereocenters. The number of ether oxygens (including phenoxy) is 1. The third-order valence-corrected chi connectivity index (χ3v) is 5.33. The van der Waals surface area contributed by atoms with Crippen molar-refractivity contribution in [3.8, 4) is 0 Å². The Morgan fingerprint density at radius 3 is 2.76 bits per heavy atom. The van der Waals surface area contributed by atoms with Gasteiger partial charge in [0.2, 0.25) is 0 Å². The lowest BCUT2D eigenvalue weighted by Gasteiger charge is -2.33. The Hall–Kier alpha value is -2.56. The van der Waals surface area contributed by atoms with Crippen LogP contribution < -0.4 is 11.1 Å². The molecule has 4 rings (SSSR count). The number of halogens is 6. The number of anilines is 1. The van der Waals surface area contributed by atoms with Crippen LogP contribution >= 0.6 is 11.6 Å². The second kappa shape index (κ2) is 7.05. The number of benzene rings is 1. The maximum atomic E-state index is 14.6. The number of nitrogens with two attached hydrogens (primary N) is 1. The van der Waals surface area contributed by atoms with E-state index in [9.17, 15) is 22.0 Å². The van der Waals surface area contributed by atoms with Crippen molar-refractivity contribution in [3.63, 3.8) is 0 Å². The van der Waals surface area contributed by atoms with Crippen molar-refractivity contribution in [2.45, 2.75) is 37.6 Å². The maximum Gasteiger partial charge on any atom is 0.333 e. The lowest BCUT2D eigenvalue weighted by molar-refractivity contribution is 0.0177. The van der Waals surface area contributed by atoms with Gasteiger partial charge in [0, 0.05) is 23.4 Å². The fourth-order valence-corrected chi connectivity index (χ4v) is 3.76. The van der Waals surface area contributed by atoms with Gasteiger partial charge in [-0.1, -0.05) is 11.6 Å². The molecule has 1 aromatic carbocycles. The van der Waals surface area contributed by atoms with Crippen LogP contribution in [0.5, 0.6) is 0 Å². The first-order valence-corrected chi connectivity index (χ1v) is 8.96. The number of rotatable bonds is 6. The van der Waals surface area contributed by atoms with E-state index >= 15 is 0 Å². The van der Waals surface area contributed by atoms with E-state index in [-0.39, 0.29) is 34.9 Å². The van der Waals surface area contributed by atoms with Crippen molar-refractivity contribution in [2.75, 3.05) is 5.32 Å². The molecule has 12 heteroatoms. The SMILES string of the molecule is NC1=N[C@](c2cc(NCc3nn(C(F)F)cc3Cl)ccc2F)(C(F)F)[C@H]2C[C@H]2O1. The summed E-state index contributed by atoms with van der Waals surface area (Å²) in [6, 6.07) is 3.15. The Bertz CT molecular complexity index is 968. The van der Waals surface area contributed by atoms with E-state index in [1.54, 1.807) is 0 Å². The molecule has 2 aliphatic rings. The van der Waals surface area contributed by atoms with Crippen molar-refractivity contribution < 1.29 is 26.7 Å². The summed E-state index contributed by atoms with van der Waals surface area (Å²) in [5, 5.41) is 6.48. The number of hydrogen-bond donors (Lipinski definition) is 2. The largest absolute Gasteiger partial charge is 0.462 e. The summed E-state index contributed by atoms with van der Waals surface area (Å²) in [6.07, 6.45) is -2.29. The summed E-state index contributed by atoms with van der Waals surface area (Å²) in [4.78, 5) is 3.80. The Morgan fingerprint density at radius 2 is 2.10 bits per heavy atom. The van der Waals surface area contributed by atoms with Gasteiger partial charge in [0.05, 0.1) is 11.6 Å². The number of nitrogens with zero attached hydrogens (tertiary/aromatic N) is 3. The highest BCUT2D eigenvalue weighted by molar-refractivity contribution is 6.31. The van der Waals surface area contributed by atoms with E-state index in [4.69, 9.17) is 22.1 Å². The lowest BCUT2D eigenvalue weighted by atomic mass is 9.84. The zero-order chi connectivity index (χ0) is 20.9. The van der Waals surface area contributed by atoms with E-state index in [2.05, 4.69) is 15.4 Å². The van der Waals surface area contributed by atoms with Gasteiger partial charge in [0.1, 0.15) is 17.6 Å². The molecule has 1 saturated carbocycles. The third kappa shape index (κ3) is 3.37. The predicted octanol–water partition coefficient (Wildman–Crippen LogP) is 3.88. The van der Waals surface area contributed by atoms with E-state index in [1.165, 1.54) is 12.1 Å². The highest BCUT2D eigenvalue weighted by atomic mass is 35.5. The molecule has 1 aliphatic heterocycles. The first-order chi connectivity index (χ1) is 13.7. The molecule has 0 radical (unpaired) electrons. The Kier molecular flexibility index (Phi) is 4.80. The second-order valence-electron chi connectivity index (χ2n) is 6.80. The van der Waals surface area contributed by atoms with Gasteiger partial charge < -0.3 is 15.8 Å². The van der Waals surface area contributed by atoms with E-state index in [1.807, 2.05) is 0 Å². The highest BCUT2D eigenvalue weighted by Crippen LogP contribution is 2.56. The maximum absolute atomic E-state index is 14.6. The molecule has 2 heterocycles. The molecule has 6 nitrogen and oxygen atoms in total. The summed E-state index contributed by atoms with van der Waals surface area (Å²) in [5.74, 6) is -1.56. The minimum atomic E-state index is -3.01. The van der Waals surface area contributed by atoms with Crippen LogP contribution in [0.2, 0.25) is 5.02 Å². The molecule has 2 aromatic rings. The predicted molar refractivity (Wildman–Crippen MR) is 94.5 cm³/mol. The van der Waals surface area contributed by atoms with Crippen molar-refractivity contribution in [1.82, 2.24) is 9.78 Å². The molecule has 1 aromatic heterocycles. The van der Waals surface area contributed by atoms with E-state index < -0.39 is 42.4 Å². The molecule has 1 aliphatic carbocycles. The minimum absolute atomic E-state index is 0.00631. The molecule has 0 saturated heterocycles. The lowest BCUT2D eigenvalue weighted by Crippen LogP contribution is -2.43. The van der Waals surface area contributed by atoms with Gasteiger partial charge in [-0.25, -0.2) is 22.8 Å². The van der Waals surface area contributed by atoms with Gasteiger partial charge in [-0.05, 0) is 24.6 Å². The molecule has 0 unspecified atom stereocenters. The fraction of sp³-hybridized carbons (Fsp3) is 0.412. The molecule has 1 fully saturated rings. The highest BCUT2D eigenvalue weighted by Gasteiger charge is 2.64. The first-order valence-electron chi connectivity index (χ1n) is 8.58. The molecule has 0 amide bonds. The van der Waals surface area contributed by atoms with Gasteiger partial charge in [-0.15, -0.1) is 0 Å². The summed E-state index contributed by atoms with van der Waals surface area (Å²) >= 11 is 5.88. The van der Waals surface area contributed by atoms with E-state index in [0.29, 0.717) is 4.68 Å². The number of fused-ring (bicyclic) bond motifs is 1. The van der Waals surface area contributed by atoms with Crippen LogP contribution in [0.1, 0.15) is 24.2 Å². The molecule has 3 N–H and O–H groups in total. The van der Waals surface area contributed by atoms with Crippen LogP contribution in [0.3, 0.4) is 0 Å². The number of nitrogens with one attached hydrogen (secondary N) is 1. The summed E-state index contributed by atoms with van der Waals surface area (Å²) in [6.45, 7) is -2.93. The van der Waals surface area contributed by atoms with Crippen molar-refractivity contribution >= 4 is 23.3 Å². The number of aromatic nitrogens is 2. The Morgan fingerprint density at radius 1 is 1.34 bits per heavy atom. The van der Waals surface area contributed by atoms with Crippen LogP contribution in [-0.2, 0) is 16.8 Å². The first kappa shape index (κ1) is 19.7. The number of hydrogen-bond acceptors (Lipinski definition) is 5. The number of amidine groups is 1. The topological polar surface area (TPSA) is 77.5 Å². The van der Waals surface area contributed by atoms with Gasteiger partial charge >= 0.3 is 6.55 Å². The van der Waals surface area contributed by atoms with Crippen molar-refractivity contribution in [1.29, 1.82) is 0 Å². The van der Waals surface area contributed by atoms with Gasteiger partial charge in [-0.3, -0.25) is 0 Å². The van der Waals surface area contributed by atoms with Crippen LogP contribution in [0.15, 0.2) is 29.4 Å². The summed E-state index contributed by atoms with van der Waals surface area (Å²) in [7, 11) is 0. The van der Waals surface area contributed by atoms with Crippen LogP contribution in [0.4, 0.5) is 27.6 Å². The average Bonchev–Trinajstić information content (AvgIpc) is 3.34. The Balaban J connectivity index is 1.64. The van der Waals surface area contributed by atoms with Crippen LogP contribution in [0.25, 0.3) is 0 Å². The molecule has 156 valence electrons. The average molecular weight is 436 g/mol. The smallest absolute Gasteiger partial charge is 0.333 e. The van der Waals surface area contributed by atoms with Gasteiger partial charge in [0.25, 0.3) is 12.4 Å².